The van der Waals surface area contributed by atoms with Gasteiger partial charge in [-0.25, -0.2) is 0 Å². The van der Waals surface area contributed by atoms with Gasteiger partial charge in [-0.05, 0) is 26.3 Å². The van der Waals surface area contributed by atoms with Crippen molar-refractivity contribution in [3.8, 4) is 0 Å². The standard InChI is InChI=1S/C13H23N3O/c1-4-6-14-8-11-5-7-17-13(11)12-9-16(3)15-10(12)2/h9,11,13-14H,4-8H2,1-3H3. The second kappa shape index (κ2) is 5.65. The molecule has 2 heterocycles. The van der Waals surface area contributed by atoms with Crippen LogP contribution in [-0.2, 0) is 11.8 Å². The molecule has 1 N–H and O–H groups in total. The number of ether oxygens (including phenoxy) is 1. The fraction of sp³-hybridized carbons (Fsp3) is 0.769. The lowest BCUT2D eigenvalue weighted by Crippen LogP contribution is -2.25. The summed E-state index contributed by atoms with van der Waals surface area (Å²) in [6, 6.07) is 0. The van der Waals surface area contributed by atoms with Crippen LogP contribution in [-0.4, -0.2) is 29.5 Å². The van der Waals surface area contributed by atoms with E-state index in [4.69, 9.17) is 4.74 Å². The zero-order valence-electron chi connectivity index (χ0n) is 11.1. The highest BCUT2D eigenvalue weighted by Crippen LogP contribution is 2.35. The van der Waals surface area contributed by atoms with Gasteiger partial charge in [-0.2, -0.15) is 5.10 Å². The summed E-state index contributed by atoms with van der Waals surface area (Å²) in [5.41, 5.74) is 2.35. The summed E-state index contributed by atoms with van der Waals surface area (Å²) >= 11 is 0. The molecule has 0 aromatic carbocycles. The molecule has 1 fully saturated rings. The van der Waals surface area contributed by atoms with Gasteiger partial charge in [0.05, 0.1) is 11.8 Å². The minimum absolute atomic E-state index is 0.230. The van der Waals surface area contributed by atoms with Gasteiger partial charge in [-0.3, -0.25) is 4.68 Å². The second-order valence-electron chi connectivity index (χ2n) is 4.89. The van der Waals surface area contributed by atoms with Gasteiger partial charge in [0, 0.05) is 37.9 Å². The Morgan fingerprint density at radius 1 is 1.59 bits per heavy atom. The average Bonchev–Trinajstić information content (AvgIpc) is 2.85. The van der Waals surface area contributed by atoms with E-state index in [1.165, 1.54) is 12.0 Å². The van der Waals surface area contributed by atoms with E-state index >= 15 is 0 Å². The molecule has 2 unspecified atom stereocenters. The first-order chi connectivity index (χ1) is 8.22. The van der Waals surface area contributed by atoms with Crippen molar-refractivity contribution in [1.82, 2.24) is 15.1 Å². The Balaban J connectivity index is 2.01. The molecule has 0 bridgehead atoms. The summed E-state index contributed by atoms with van der Waals surface area (Å²) in [6.45, 7) is 7.27. The van der Waals surface area contributed by atoms with Crippen LogP contribution in [0.4, 0.5) is 0 Å². The summed E-state index contributed by atoms with van der Waals surface area (Å²) in [5, 5.41) is 7.90. The third-order valence-corrected chi connectivity index (χ3v) is 3.41. The summed E-state index contributed by atoms with van der Waals surface area (Å²) < 4.78 is 7.76. The molecule has 1 aromatic heterocycles. The van der Waals surface area contributed by atoms with Gasteiger partial charge in [0.2, 0.25) is 0 Å². The molecule has 1 saturated heterocycles. The molecular weight excluding hydrogens is 214 g/mol. The first-order valence-corrected chi connectivity index (χ1v) is 6.54. The summed E-state index contributed by atoms with van der Waals surface area (Å²) in [5.74, 6) is 0.587. The van der Waals surface area contributed by atoms with E-state index in [1.807, 2.05) is 11.7 Å². The molecular formula is C13H23N3O. The molecule has 4 heteroatoms. The number of aryl methyl sites for hydroxylation is 2. The van der Waals surface area contributed by atoms with Crippen LogP contribution in [0.1, 0.15) is 37.1 Å². The van der Waals surface area contributed by atoms with E-state index in [1.54, 1.807) is 0 Å². The van der Waals surface area contributed by atoms with Gasteiger partial charge in [-0.1, -0.05) is 6.92 Å². The summed E-state index contributed by atoms with van der Waals surface area (Å²) in [4.78, 5) is 0. The van der Waals surface area contributed by atoms with Crippen molar-refractivity contribution in [3.05, 3.63) is 17.5 Å². The highest BCUT2D eigenvalue weighted by atomic mass is 16.5. The number of hydrogen-bond donors (Lipinski definition) is 1. The number of aromatic nitrogens is 2. The lowest BCUT2D eigenvalue weighted by Gasteiger charge is -2.18. The molecule has 0 aliphatic carbocycles. The van der Waals surface area contributed by atoms with Crippen LogP contribution in [0.5, 0.6) is 0 Å². The Hall–Kier alpha value is -0.870. The van der Waals surface area contributed by atoms with Crippen molar-refractivity contribution in [2.24, 2.45) is 13.0 Å². The van der Waals surface area contributed by atoms with Crippen LogP contribution in [0.3, 0.4) is 0 Å². The summed E-state index contributed by atoms with van der Waals surface area (Å²) in [6.07, 6.45) is 4.66. The van der Waals surface area contributed by atoms with Crippen LogP contribution in [0.25, 0.3) is 0 Å². The lowest BCUT2D eigenvalue weighted by molar-refractivity contribution is 0.0900. The Bertz CT molecular complexity index is 362. The molecule has 17 heavy (non-hydrogen) atoms. The molecule has 2 atom stereocenters. The Morgan fingerprint density at radius 3 is 3.06 bits per heavy atom. The van der Waals surface area contributed by atoms with Gasteiger partial charge in [0.15, 0.2) is 0 Å². The van der Waals surface area contributed by atoms with Gasteiger partial charge in [-0.15, -0.1) is 0 Å². The second-order valence-corrected chi connectivity index (χ2v) is 4.89. The number of hydrogen-bond acceptors (Lipinski definition) is 3. The van der Waals surface area contributed by atoms with Gasteiger partial charge >= 0.3 is 0 Å². The third kappa shape index (κ3) is 2.87. The normalized spacial score (nSPS) is 24.4. The topological polar surface area (TPSA) is 39.1 Å². The van der Waals surface area contributed by atoms with Gasteiger partial charge < -0.3 is 10.1 Å². The quantitative estimate of drug-likeness (QED) is 0.794. The van der Waals surface area contributed by atoms with Crippen LogP contribution < -0.4 is 5.32 Å². The number of nitrogens with zero attached hydrogens (tertiary/aromatic N) is 2. The third-order valence-electron chi connectivity index (χ3n) is 3.41. The van der Waals surface area contributed by atoms with Crippen molar-refractivity contribution in [3.63, 3.8) is 0 Å². The monoisotopic (exact) mass is 237 g/mol. The highest BCUT2D eigenvalue weighted by molar-refractivity contribution is 5.20. The largest absolute Gasteiger partial charge is 0.373 e. The Kier molecular flexibility index (Phi) is 4.18. The predicted molar refractivity (Wildman–Crippen MR) is 67.9 cm³/mol. The smallest absolute Gasteiger partial charge is 0.0899 e. The fourth-order valence-electron chi connectivity index (χ4n) is 2.55. The molecule has 96 valence electrons. The maximum absolute atomic E-state index is 5.88. The molecule has 1 aromatic rings. The van der Waals surface area contributed by atoms with Crippen molar-refractivity contribution < 1.29 is 4.74 Å². The van der Waals surface area contributed by atoms with Crippen molar-refractivity contribution in [2.45, 2.75) is 32.8 Å². The zero-order chi connectivity index (χ0) is 12.3. The first-order valence-electron chi connectivity index (χ1n) is 6.54. The van der Waals surface area contributed by atoms with E-state index in [0.29, 0.717) is 5.92 Å². The lowest BCUT2D eigenvalue weighted by atomic mass is 9.96. The maximum Gasteiger partial charge on any atom is 0.0899 e. The van der Waals surface area contributed by atoms with Crippen molar-refractivity contribution >= 4 is 0 Å². The van der Waals surface area contributed by atoms with Gasteiger partial charge in [0.1, 0.15) is 0 Å². The fourth-order valence-corrected chi connectivity index (χ4v) is 2.55. The van der Waals surface area contributed by atoms with Crippen molar-refractivity contribution in [2.75, 3.05) is 19.7 Å². The van der Waals surface area contributed by atoms with Crippen LogP contribution in [0, 0.1) is 12.8 Å². The Labute approximate surface area is 103 Å². The van der Waals surface area contributed by atoms with E-state index in [0.717, 1.165) is 31.8 Å². The molecule has 0 saturated carbocycles. The van der Waals surface area contributed by atoms with Crippen LogP contribution in [0.2, 0.25) is 0 Å². The first kappa shape index (κ1) is 12.6. The Morgan fingerprint density at radius 2 is 2.41 bits per heavy atom. The minimum Gasteiger partial charge on any atom is -0.373 e. The SMILES string of the molecule is CCCNCC1CCOC1c1cn(C)nc1C. The van der Waals surface area contributed by atoms with Crippen molar-refractivity contribution in [1.29, 1.82) is 0 Å². The maximum atomic E-state index is 5.88. The van der Waals surface area contributed by atoms with E-state index < -0.39 is 0 Å². The van der Waals surface area contributed by atoms with E-state index in [2.05, 4.69) is 30.5 Å². The van der Waals surface area contributed by atoms with Gasteiger partial charge in [0.25, 0.3) is 0 Å². The van der Waals surface area contributed by atoms with E-state index in [9.17, 15) is 0 Å². The molecule has 0 amide bonds. The highest BCUT2D eigenvalue weighted by Gasteiger charge is 2.31. The predicted octanol–water partition coefficient (Wildman–Crippen LogP) is 1.81. The number of rotatable bonds is 5. The van der Waals surface area contributed by atoms with Crippen LogP contribution >= 0.6 is 0 Å². The van der Waals surface area contributed by atoms with Crippen LogP contribution in [0.15, 0.2) is 6.20 Å². The molecule has 2 rings (SSSR count). The molecule has 0 radical (unpaired) electrons. The molecule has 1 aliphatic heterocycles. The summed E-state index contributed by atoms with van der Waals surface area (Å²) in [7, 11) is 1.97. The molecule has 1 aliphatic rings. The minimum atomic E-state index is 0.230. The number of nitrogens with one attached hydrogen (secondary N) is 1. The molecule has 0 spiro atoms. The molecule has 4 nitrogen and oxygen atoms in total. The zero-order valence-corrected chi connectivity index (χ0v) is 11.1. The van der Waals surface area contributed by atoms with E-state index in [-0.39, 0.29) is 6.10 Å². The average molecular weight is 237 g/mol.